The van der Waals surface area contributed by atoms with Gasteiger partial charge in [-0.1, -0.05) is 20.8 Å². The summed E-state index contributed by atoms with van der Waals surface area (Å²) in [5, 5.41) is 10.3. The van der Waals surface area contributed by atoms with Gasteiger partial charge in [0.1, 0.15) is 5.60 Å². The highest BCUT2D eigenvalue weighted by atomic mass is 28.4. The third-order valence-corrected chi connectivity index (χ3v) is 9.27. The Labute approximate surface area is 142 Å². The Balaban J connectivity index is 2.91. The summed E-state index contributed by atoms with van der Waals surface area (Å²) in [7, 11) is -1.96. The molecule has 136 valence electrons. The molecule has 0 saturated carbocycles. The van der Waals surface area contributed by atoms with Gasteiger partial charge in [0.05, 0.1) is 18.2 Å². The van der Waals surface area contributed by atoms with E-state index in [0.717, 1.165) is 6.42 Å². The number of nitrogens with zero attached hydrogens (tertiary/aromatic N) is 1. The minimum absolute atomic E-state index is 0.0928. The zero-order valence-electron chi connectivity index (χ0n) is 16.3. The van der Waals surface area contributed by atoms with E-state index in [1.807, 2.05) is 20.8 Å². The molecule has 5 nitrogen and oxygen atoms in total. The van der Waals surface area contributed by atoms with Crippen LogP contribution in [0.25, 0.3) is 0 Å². The molecule has 1 N–H and O–H groups in total. The van der Waals surface area contributed by atoms with Crippen molar-refractivity contribution in [3.05, 3.63) is 0 Å². The maximum Gasteiger partial charge on any atom is 0.410 e. The van der Waals surface area contributed by atoms with Crippen LogP contribution in [0.1, 0.15) is 54.9 Å². The van der Waals surface area contributed by atoms with Gasteiger partial charge in [-0.3, -0.25) is 4.90 Å². The van der Waals surface area contributed by atoms with E-state index in [9.17, 15) is 9.90 Å². The molecule has 1 heterocycles. The fourth-order valence-electron chi connectivity index (χ4n) is 2.58. The van der Waals surface area contributed by atoms with Crippen molar-refractivity contribution in [2.75, 3.05) is 6.54 Å². The van der Waals surface area contributed by atoms with E-state index >= 15 is 0 Å². The van der Waals surface area contributed by atoms with E-state index in [0.29, 0.717) is 6.54 Å². The van der Waals surface area contributed by atoms with Gasteiger partial charge in [-0.2, -0.15) is 0 Å². The second-order valence-electron chi connectivity index (χ2n) is 9.11. The molecule has 1 amide bonds. The highest BCUT2D eigenvalue weighted by Crippen LogP contribution is 2.39. The Morgan fingerprint density at radius 3 is 2.13 bits per heavy atom. The van der Waals surface area contributed by atoms with Gasteiger partial charge in [0.15, 0.2) is 8.32 Å². The minimum atomic E-state index is -1.96. The number of rotatable bonds is 3. The van der Waals surface area contributed by atoms with Crippen molar-refractivity contribution in [1.82, 2.24) is 4.90 Å². The Bertz CT molecular complexity index is 423. The molecule has 0 aliphatic carbocycles. The molecular formula is C17H35NO4Si. The standard InChI is InChI=1S/C17H35NO4Si/c1-12(19)14-13(22-23(8,9)17(5,6)7)10-11-18(14)15(20)21-16(2,3)4/h12-14,19H,10-11H2,1-9H3/t12-,13-,14+/m0/s1. The Hall–Kier alpha value is -0.593. The van der Waals surface area contributed by atoms with Crippen LogP contribution in [0.3, 0.4) is 0 Å². The molecule has 3 atom stereocenters. The van der Waals surface area contributed by atoms with Gasteiger partial charge in [-0.05, 0) is 52.2 Å². The monoisotopic (exact) mass is 345 g/mol. The van der Waals surface area contributed by atoms with Crippen molar-refractivity contribution in [2.24, 2.45) is 0 Å². The number of aliphatic hydroxyl groups is 1. The van der Waals surface area contributed by atoms with Crippen LogP contribution in [-0.2, 0) is 9.16 Å². The average molecular weight is 346 g/mol. The van der Waals surface area contributed by atoms with Crippen LogP contribution in [-0.4, -0.2) is 54.8 Å². The lowest BCUT2D eigenvalue weighted by atomic mass is 10.1. The lowest BCUT2D eigenvalue weighted by molar-refractivity contribution is -0.00811. The minimum Gasteiger partial charge on any atom is -0.444 e. The number of carbonyl (C=O) groups excluding carboxylic acids is 1. The van der Waals surface area contributed by atoms with Gasteiger partial charge in [0.2, 0.25) is 0 Å². The van der Waals surface area contributed by atoms with Crippen LogP contribution < -0.4 is 0 Å². The predicted molar refractivity (Wildman–Crippen MR) is 95.1 cm³/mol. The zero-order valence-corrected chi connectivity index (χ0v) is 17.3. The van der Waals surface area contributed by atoms with E-state index in [-0.39, 0.29) is 23.3 Å². The number of amides is 1. The number of likely N-dealkylation sites (tertiary alicyclic amines) is 1. The van der Waals surface area contributed by atoms with Crippen LogP contribution >= 0.6 is 0 Å². The average Bonchev–Trinajstić information content (AvgIpc) is 2.67. The molecule has 0 radical (unpaired) electrons. The Morgan fingerprint density at radius 2 is 1.74 bits per heavy atom. The molecule has 1 aliphatic heterocycles. The Kier molecular flexibility index (Phi) is 5.98. The highest BCUT2D eigenvalue weighted by molar-refractivity contribution is 6.74. The van der Waals surface area contributed by atoms with Crippen molar-refractivity contribution in [3.8, 4) is 0 Å². The van der Waals surface area contributed by atoms with Gasteiger partial charge in [0.25, 0.3) is 0 Å². The molecule has 23 heavy (non-hydrogen) atoms. The van der Waals surface area contributed by atoms with Crippen molar-refractivity contribution in [1.29, 1.82) is 0 Å². The largest absolute Gasteiger partial charge is 0.444 e. The van der Waals surface area contributed by atoms with Crippen LogP contribution in [0.15, 0.2) is 0 Å². The lowest BCUT2D eigenvalue weighted by Crippen LogP contribution is -2.52. The second kappa shape index (κ2) is 6.73. The fourth-order valence-corrected chi connectivity index (χ4v) is 3.94. The molecule has 6 heteroatoms. The highest BCUT2D eigenvalue weighted by Gasteiger charge is 2.47. The van der Waals surface area contributed by atoms with Crippen LogP contribution in [0, 0.1) is 0 Å². The number of hydrogen-bond donors (Lipinski definition) is 1. The number of ether oxygens (including phenoxy) is 1. The summed E-state index contributed by atoms with van der Waals surface area (Å²) >= 11 is 0. The third-order valence-electron chi connectivity index (χ3n) is 4.77. The van der Waals surface area contributed by atoms with Gasteiger partial charge in [-0.15, -0.1) is 0 Å². The van der Waals surface area contributed by atoms with Gasteiger partial charge in [-0.25, -0.2) is 4.79 Å². The van der Waals surface area contributed by atoms with Gasteiger partial charge < -0.3 is 14.3 Å². The summed E-state index contributed by atoms with van der Waals surface area (Å²) < 4.78 is 12.0. The molecule has 1 saturated heterocycles. The molecule has 0 bridgehead atoms. The first kappa shape index (κ1) is 20.5. The maximum absolute atomic E-state index is 12.4. The summed E-state index contributed by atoms with van der Waals surface area (Å²) in [4.78, 5) is 14.1. The second-order valence-corrected chi connectivity index (χ2v) is 13.9. The van der Waals surface area contributed by atoms with Crippen LogP contribution in [0.2, 0.25) is 18.1 Å². The third kappa shape index (κ3) is 5.19. The first-order chi connectivity index (χ1) is 10.2. The first-order valence-corrected chi connectivity index (χ1v) is 11.4. The molecule has 0 aromatic heterocycles. The topological polar surface area (TPSA) is 59.0 Å². The first-order valence-electron chi connectivity index (χ1n) is 8.51. The summed E-state index contributed by atoms with van der Waals surface area (Å²) in [5.74, 6) is 0. The van der Waals surface area contributed by atoms with Crippen molar-refractivity contribution < 1.29 is 19.1 Å². The van der Waals surface area contributed by atoms with E-state index in [2.05, 4.69) is 33.9 Å². The maximum atomic E-state index is 12.4. The van der Waals surface area contributed by atoms with E-state index in [1.165, 1.54) is 0 Å². The molecule has 1 fully saturated rings. The predicted octanol–water partition coefficient (Wildman–Crippen LogP) is 3.77. The normalized spacial score (nSPS) is 24.7. The summed E-state index contributed by atoms with van der Waals surface area (Å²) in [6, 6.07) is -0.348. The molecular weight excluding hydrogens is 310 g/mol. The molecule has 0 unspecified atom stereocenters. The van der Waals surface area contributed by atoms with Crippen LogP contribution in [0.5, 0.6) is 0 Å². The van der Waals surface area contributed by atoms with E-state index < -0.39 is 20.0 Å². The van der Waals surface area contributed by atoms with E-state index in [4.69, 9.17) is 9.16 Å². The van der Waals surface area contributed by atoms with Gasteiger partial charge >= 0.3 is 6.09 Å². The van der Waals surface area contributed by atoms with E-state index in [1.54, 1.807) is 11.8 Å². The summed E-state index contributed by atoms with van der Waals surface area (Å²) in [6.07, 6.45) is -0.422. The lowest BCUT2D eigenvalue weighted by Gasteiger charge is -2.41. The number of aliphatic hydroxyl groups excluding tert-OH is 1. The van der Waals surface area contributed by atoms with Crippen LogP contribution in [0.4, 0.5) is 4.79 Å². The SMILES string of the molecule is C[C@H](O)[C@@H]1[C@@H](O[Si](C)(C)C(C)(C)C)CCN1C(=O)OC(C)(C)C. The zero-order chi connectivity index (χ0) is 18.2. The van der Waals surface area contributed by atoms with Crippen molar-refractivity contribution >= 4 is 14.4 Å². The molecule has 0 spiro atoms. The fraction of sp³-hybridized carbons (Fsp3) is 0.941. The summed E-state index contributed by atoms with van der Waals surface area (Å²) in [5.41, 5.74) is -0.543. The molecule has 1 rings (SSSR count). The molecule has 1 aliphatic rings. The smallest absolute Gasteiger partial charge is 0.410 e. The molecule has 0 aromatic carbocycles. The van der Waals surface area contributed by atoms with Crippen molar-refractivity contribution in [3.63, 3.8) is 0 Å². The number of hydrogen-bond acceptors (Lipinski definition) is 4. The molecule has 0 aromatic rings. The number of carbonyl (C=O) groups is 1. The summed E-state index contributed by atoms with van der Waals surface area (Å²) in [6.45, 7) is 18.8. The Morgan fingerprint density at radius 1 is 1.22 bits per heavy atom. The van der Waals surface area contributed by atoms with Gasteiger partial charge in [0, 0.05) is 6.54 Å². The quantitative estimate of drug-likeness (QED) is 0.791. The van der Waals surface area contributed by atoms with Crippen molar-refractivity contribution in [2.45, 2.75) is 96.9 Å².